The van der Waals surface area contributed by atoms with Crippen LogP contribution in [0.4, 0.5) is 0 Å². The summed E-state index contributed by atoms with van der Waals surface area (Å²) in [5, 5.41) is 8.89. The van der Waals surface area contributed by atoms with E-state index in [1.54, 1.807) is 0 Å². The molecule has 2 heterocycles. The number of hydrogen-bond acceptors (Lipinski definition) is 5. The smallest absolute Gasteiger partial charge is 0.207 e. The van der Waals surface area contributed by atoms with Gasteiger partial charge in [-0.15, -0.1) is 10.2 Å². The molecule has 90 valence electrons. The Kier molecular flexibility index (Phi) is 3.49. The summed E-state index contributed by atoms with van der Waals surface area (Å²) in [5.74, 6) is 0. The van der Waals surface area contributed by atoms with Crippen LogP contribution in [0.2, 0.25) is 4.47 Å². The van der Waals surface area contributed by atoms with Crippen molar-refractivity contribution in [3.8, 4) is 0 Å². The number of piperazine rings is 1. The summed E-state index contributed by atoms with van der Waals surface area (Å²) < 4.78 is 0.531. The van der Waals surface area contributed by atoms with Crippen LogP contribution in [0.15, 0.2) is 0 Å². The lowest BCUT2D eigenvalue weighted by molar-refractivity contribution is 0.0359. The second-order valence-electron chi connectivity index (χ2n) is 4.89. The molecule has 0 radical (unpaired) electrons. The molecule has 1 saturated heterocycles. The molecule has 0 unspecified atom stereocenters. The zero-order chi connectivity index (χ0) is 11.8. The van der Waals surface area contributed by atoms with Crippen molar-refractivity contribution in [2.45, 2.75) is 25.9 Å². The highest BCUT2D eigenvalue weighted by atomic mass is 35.5. The molecule has 1 aliphatic rings. The Hall–Kier alpha value is -0.230. The molecule has 1 aromatic heterocycles. The maximum atomic E-state index is 5.78. The molecule has 6 heteroatoms. The van der Waals surface area contributed by atoms with E-state index in [2.05, 4.69) is 40.9 Å². The second-order valence-corrected chi connectivity index (χ2v) is 6.54. The molecular weight excluding hydrogens is 244 g/mol. The lowest BCUT2D eigenvalue weighted by Gasteiger charge is -2.45. The average Bonchev–Trinajstić information content (AvgIpc) is 2.57. The van der Waals surface area contributed by atoms with Crippen LogP contribution in [0, 0.1) is 0 Å². The Morgan fingerprint density at radius 1 is 1.38 bits per heavy atom. The fraction of sp³-hybridized carbons (Fsp3) is 0.800. The highest BCUT2D eigenvalue weighted by Gasteiger charge is 2.31. The van der Waals surface area contributed by atoms with Crippen LogP contribution in [-0.2, 0) is 6.54 Å². The molecular formula is C10H17ClN4S. The minimum Gasteiger partial charge on any atom is -0.299 e. The maximum Gasteiger partial charge on any atom is 0.207 e. The van der Waals surface area contributed by atoms with Crippen molar-refractivity contribution in [1.29, 1.82) is 0 Å². The van der Waals surface area contributed by atoms with Crippen molar-refractivity contribution in [1.82, 2.24) is 20.0 Å². The minimum atomic E-state index is 0.229. The molecule has 0 N–H and O–H groups in total. The fourth-order valence-corrected chi connectivity index (χ4v) is 2.87. The van der Waals surface area contributed by atoms with Crippen molar-refractivity contribution in [3.05, 3.63) is 9.47 Å². The first-order chi connectivity index (χ1) is 7.47. The summed E-state index contributed by atoms with van der Waals surface area (Å²) in [4.78, 5) is 4.81. The highest BCUT2D eigenvalue weighted by Crippen LogP contribution is 2.22. The Morgan fingerprint density at radius 3 is 2.69 bits per heavy atom. The van der Waals surface area contributed by atoms with Crippen LogP contribution < -0.4 is 0 Å². The van der Waals surface area contributed by atoms with Crippen molar-refractivity contribution in [3.63, 3.8) is 0 Å². The van der Waals surface area contributed by atoms with Crippen LogP contribution in [-0.4, -0.2) is 52.2 Å². The SMILES string of the molecule is CN1CCN(Cc2nnc(Cl)s2)CC1(C)C. The molecule has 1 aromatic rings. The Labute approximate surface area is 105 Å². The van der Waals surface area contributed by atoms with E-state index >= 15 is 0 Å². The van der Waals surface area contributed by atoms with Crippen LogP contribution in [0.1, 0.15) is 18.9 Å². The van der Waals surface area contributed by atoms with Gasteiger partial charge in [-0.05, 0) is 32.5 Å². The first kappa shape index (κ1) is 12.2. The molecule has 2 rings (SSSR count). The highest BCUT2D eigenvalue weighted by molar-refractivity contribution is 7.15. The Balaban J connectivity index is 1.97. The third-order valence-electron chi connectivity index (χ3n) is 3.20. The van der Waals surface area contributed by atoms with Crippen molar-refractivity contribution in [2.75, 3.05) is 26.7 Å². The molecule has 0 saturated carbocycles. The van der Waals surface area contributed by atoms with Crippen LogP contribution in [0.3, 0.4) is 0 Å². The molecule has 16 heavy (non-hydrogen) atoms. The quantitative estimate of drug-likeness (QED) is 0.811. The zero-order valence-electron chi connectivity index (χ0n) is 9.90. The van der Waals surface area contributed by atoms with Crippen LogP contribution in [0.5, 0.6) is 0 Å². The van der Waals surface area contributed by atoms with E-state index in [9.17, 15) is 0 Å². The van der Waals surface area contributed by atoms with E-state index in [0.29, 0.717) is 4.47 Å². The fourth-order valence-electron chi connectivity index (χ4n) is 1.96. The maximum absolute atomic E-state index is 5.78. The summed E-state index contributed by atoms with van der Waals surface area (Å²) in [7, 11) is 2.18. The van der Waals surface area contributed by atoms with Gasteiger partial charge in [0.05, 0.1) is 6.54 Å². The number of hydrogen-bond donors (Lipinski definition) is 0. The molecule has 0 bridgehead atoms. The standard InChI is InChI=1S/C10H17ClN4S/c1-10(2)7-15(5-4-14(10)3)6-8-12-13-9(11)16-8/h4-7H2,1-3H3. The molecule has 1 aliphatic heterocycles. The van der Waals surface area contributed by atoms with Gasteiger partial charge in [-0.25, -0.2) is 0 Å². The van der Waals surface area contributed by atoms with Gasteiger partial charge in [0, 0.05) is 25.2 Å². The van der Waals surface area contributed by atoms with E-state index in [1.165, 1.54) is 11.3 Å². The Bertz CT molecular complexity index is 365. The lowest BCUT2D eigenvalue weighted by atomic mass is 10.00. The van der Waals surface area contributed by atoms with E-state index in [-0.39, 0.29) is 5.54 Å². The normalized spacial score (nSPS) is 22.5. The largest absolute Gasteiger partial charge is 0.299 e. The third kappa shape index (κ3) is 2.71. The lowest BCUT2D eigenvalue weighted by Crippen LogP contribution is -2.57. The van der Waals surface area contributed by atoms with E-state index < -0.39 is 0 Å². The molecule has 0 amide bonds. The van der Waals surface area contributed by atoms with Crippen molar-refractivity contribution < 1.29 is 0 Å². The molecule has 1 fully saturated rings. The molecule has 0 spiro atoms. The summed E-state index contributed by atoms with van der Waals surface area (Å²) >= 11 is 7.25. The van der Waals surface area contributed by atoms with Gasteiger partial charge in [-0.2, -0.15) is 0 Å². The van der Waals surface area contributed by atoms with Gasteiger partial charge in [0.25, 0.3) is 0 Å². The van der Waals surface area contributed by atoms with Crippen LogP contribution in [0.25, 0.3) is 0 Å². The zero-order valence-corrected chi connectivity index (χ0v) is 11.5. The Morgan fingerprint density at radius 2 is 2.12 bits per heavy atom. The summed E-state index contributed by atoms with van der Waals surface area (Å²) in [6.07, 6.45) is 0. The van der Waals surface area contributed by atoms with E-state index in [1.807, 2.05) is 0 Å². The third-order valence-corrected chi connectivity index (χ3v) is 4.20. The summed E-state index contributed by atoms with van der Waals surface area (Å²) in [6, 6.07) is 0. The predicted octanol–water partition coefficient (Wildman–Crippen LogP) is 1.72. The number of rotatable bonds is 2. The summed E-state index contributed by atoms with van der Waals surface area (Å²) in [6.45, 7) is 8.64. The topological polar surface area (TPSA) is 32.3 Å². The van der Waals surface area contributed by atoms with Gasteiger partial charge in [0.1, 0.15) is 5.01 Å². The van der Waals surface area contributed by atoms with Gasteiger partial charge in [0.2, 0.25) is 4.47 Å². The predicted molar refractivity (Wildman–Crippen MR) is 66.9 cm³/mol. The molecule has 4 nitrogen and oxygen atoms in total. The molecule has 0 aromatic carbocycles. The molecule has 0 aliphatic carbocycles. The van der Waals surface area contributed by atoms with Gasteiger partial charge >= 0.3 is 0 Å². The first-order valence-corrected chi connectivity index (χ1v) is 6.58. The van der Waals surface area contributed by atoms with Crippen molar-refractivity contribution >= 4 is 22.9 Å². The van der Waals surface area contributed by atoms with E-state index in [4.69, 9.17) is 11.6 Å². The van der Waals surface area contributed by atoms with Crippen molar-refractivity contribution in [2.24, 2.45) is 0 Å². The number of aromatic nitrogens is 2. The monoisotopic (exact) mass is 260 g/mol. The van der Waals surface area contributed by atoms with Gasteiger partial charge in [-0.3, -0.25) is 9.80 Å². The summed E-state index contributed by atoms with van der Waals surface area (Å²) in [5.41, 5.74) is 0.229. The van der Waals surface area contributed by atoms with E-state index in [0.717, 1.165) is 31.2 Å². The van der Waals surface area contributed by atoms with Gasteiger partial charge in [-0.1, -0.05) is 11.3 Å². The van der Waals surface area contributed by atoms with Gasteiger partial charge < -0.3 is 0 Å². The second kappa shape index (κ2) is 4.56. The van der Waals surface area contributed by atoms with Gasteiger partial charge in [0.15, 0.2) is 0 Å². The molecule has 0 atom stereocenters. The number of likely N-dealkylation sites (N-methyl/N-ethyl adjacent to an activating group) is 1. The van der Waals surface area contributed by atoms with Crippen LogP contribution >= 0.6 is 22.9 Å². The first-order valence-electron chi connectivity index (χ1n) is 5.39. The minimum absolute atomic E-state index is 0.229. The number of halogens is 1. The number of nitrogens with zero attached hydrogens (tertiary/aromatic N) is 4. The average molecular weight is 261 g/mol.